The van der Waals surface area contributed by atoms with Gasteiger partial charge < -0.3 is 10.1 Å². The van der Waals surface area contributed by atoms with E-state index in [1.807, 2.05) is 0 Å². The van der Waals surface area contributed by atoms with Crippen LogP contribution in [0.1, 0.15) is 36.4 Å². The van der Waals surface area contributed by atoms with Crippen LogP contribution in [0.25, 0.3) is 0 Å². The maximum Gasteiger partial charge on any atom is 0.0721 e. The average molecular weight is 217 g/mol. The second-order valence-corrected chi connectivity index (χ2v) is 4.97. The molecule has 1 fully saturated rings. The van der Waals surface area contributed by atoms with Crippen molar-refractivity contribution in [3.63, 3.8) is 0 Å². The van der Waals surface area contributed by atoms with Gasteiger partial charge >= 0.3 is 0 Å². The Kier molecular flexibility index (Phi) is 2.94. The summed E-state index contributed by atoms with van der Waals surface area (Å²) < 4.78 is 5.63. The molecule has 86 valence electrons. The summed E-state index contributed by atoms with van der Waals surface area (Å²) in [6.07, 6.45) is 4.23. The lowest BCUT2D eigenvalue weighted by molar-refractivity contribution is 0.0792. The summed E-state index contributed by atoms with van der Waals surface area (Å²) in [5.41, 5.74) is 2.79. The van der Waals surface area contributed by atoms with Crippen molar-refractivity contribution in [3.8, 4) is 0 Å². The molecule has 1 aromatic carbocycles. The number of hydrogen-bond donors (Lipinski definition) is 1. The molecule has 1 heterocycles. The maximum atomic E-state index is 5.63. The first-order valence-electron chi connectivity index (χ1n) is 6.32. The van der Waals surface area contributed by atoms with Crippen LogP contribution in [0.5, 0.6) is 0 Å². The largest absolute Gasteiger partial charge is 0.375 e. The number of ether oxygens (including phenoxy) is 1. The predicted molar refractivity (Wildman–Crippen MR) is 64.2 cm³/mol. The molecule has 1 saturated carbocycles. The third-order valence-electron chi connectivity index (χ3n) is 3.85. The summed E-state index contributed by atoms with van der Waals surface area (Å²) in [5, 5.41) is 3.65. The van der Waals surface area contributed by atoms with Gasteiger partial charge in [-0.2, -0.15) is 0 Å². The second kappa shape index (κ2) is 4.56. The number of nitrogens with one attached hydrogen (secondary N) is 1. The molecule has 0 saturated heterocycles. The molecule has 1 atom stereocenters. The Morgan fingerprint density at radius 2 is 2.12 bits per heavy atom. The number of rotatable bonds is 3. The zero-order chi connectivity index (χ0) is 10.8. The monoisotopic (exact) mass is 217 g/mol. The SMILES string of the molecule is c1ccc2c(c1)COCC2NCC1CCC1. The van der Waals surface area contributed by atoms with Gasteiger partial charge in [0.25, 0.3) is 0 Å². The van der Waals surface area contributed by atoms with Gasteiger partial charge in [0.05, 0.1) is 19.3 Å². The van der Waals surface area contributed by atoms with Crippen LogP contribution < -0.4 is 5.32 Å². The normalized spacial score (nSPS) is 24.9. The third-order valence-corrected chi connectivity index (χ3v) is 3.85. The van der Waals surface area contributed by atoms with E-state index in [1.54, 1.807) is 0 Å². The molecule has 2 aliphatic rings. The lowest BCUT2D eigenvalue weighted by Crippen LogP contribution is -2.35. The first-order chi connectivity index (χ1) is 7.93. The van der Waals surface area contributed by atoms with Crippen molar-refractivity contribution in [1.29, 1.82) is 0 Å². The molecule has 1 unspecified atom stereocenters. The molecule has 0 radical (unpaired) electrons. The average Bonchev–Trinajstić information content (AvgIpc) is 2.27. The molecule has 1 N–H and O–H groups in total. The molecular formula is C14H19NO. The second-order valence-electron chi connectivity index (χ2n) is 4.97. The summed E-state index contributed by atoms with van der Waals surface area (Å²) in [5.74, 6) is 0.911. The van der Waals surface area contributed by atoms with Gasteiger partial charge in [0, 0.05) is 0 Å². The number of fused-ring (bicyclic) bond motifs is 1. The van der Waals surface area contributed by atoms with E-state index in [1.165, 1.54) is 30.4 Å². The molecule has 1 aliphatic carbocycles. The molecule has 1 aromatic rings. The van der Waals surface area contributed by atoms with Gasteiger partial charge in [0.2, 0.25) is 0 Å². The quantitative estimate of drug-likeness (QED) is 0.840. The van der Waals surface area contributed by atoms with Crippen molar-refractivity contribution >= 4 is 0 Å². The van der Waals surface area contributed by atoms with Crippen LogP contribution in [0.3, 0.4) is 0 Å². The van der Waals surface area contributed by atoms with Crippen molar-refractivity contribution < 1.29 is 4.74 Å². The Balaban J connectivity index is 1.66. The van der Waals surface area contributed by atoms with Crippen molar-refractivity contribution in [2.75, 3.05) is 13.2 Å². The highest BCUT2D eigenvalue weighted by Gasteiger charge is 2.23. The zero-order valence-electron chi connectivity index (χ0n) is 9.61. The highest BCUT2D eigenvalue weighted by molar-refractivity contribution is 5.31. The van der Waals surface area contributed by atoms with Gasteiger partial charge in [-0.25, -0.2) is 0 Å². The van der Waals surface area contributed by atoms with E-state index in [0.717, 1.165) is 25.7 Å². The van der Waals surface area contributed by atoms with E-state index in [4.69, 9.17) is 4.74 Å². The van der Waals surface area contributed by atoms with Crippen LogP contribution in [-0.2, 0) is 11.3 Å². The number of benzene rings is 1. The molecule has 3 rings (SSSR count). The summed E-state index contributed by atoms with van der Waals surface area (Å²) in [6.45, 7) is 2.75. The van der Waals surface area contributed by atoms with Crippen LogP contribution in [-0.4, -0.2) is 13.2 Å². The fraction of sp³-hybridized carbons (Fsp3) is 0.571. The van der Waals surface area contributed by atoms with Crippen molar-refractivity contribution in [2.45, 2.75) is 31.9 Å². The first-order valence-corrected chi connectivity index (χ1v) is 6.32. The topological polar surface area (TPSA) is 21.3 Å². The third kappa shape index (κ3) is 2.00. The fourth-order valence-corrected chi connectivity index (χ4v) is 2.56. The predicted octanol–water partition coefficient (Wildman–Crippen LogP) is 2.65. The van der Waals surface area contributed by atoms with Crippen LogP contribution >= 0.6 is 0 Å². The summed E-state index contributed by atoms with van der Waals surface area (Å²) >= 11 is 0. The van der Waals surface area contributed by atoms with Crippen LogP contribution in [0.15, 0.2) is 24.3 Å². The molecule has 2 nitrogen and oxygen atoms in total. The summed E-state index contributed by atoms with van der Waals surface area (Å²) in [7, 11) is 0. The van der Waals surface area contributed by atoms with E-state index in [0.29, 0.717) is 6.04 Å². The molecule has 16 heavy (non-hydrogen) atoms. The standard InChI is InChI=1S/C14H19NO/c1-2-7-13-12(6-1)9-16-10-14(13)15-8-11-4-3-5-11/h1-2,6-7,11,14-15H,3-5,8-10H2. The molecule has 0 aromatic heterocycles. The lowest BCUT2D eigenvalue weighted by atomic mass is 9.85. The van der Waals surface area contributed by atoms with Crippen LogP contribution in [0.4, 0.5) is 0 Å². The molecule has 1 aliphatic heterocycles. The summed E-state index contributed by atoms with van der Waals surface area (Å²) in [6, 6.07) is 9.03. The summed E-state index contributed by atoms with van der Waals surface area (Å²) in [4.78, 5) is 0. The molecule has 0 bridgehead atoms. The van der Waals surface area contributed by atoms with Gasteiger partial charge in [-0.1, -0.05) is 30.7 Å². The first kappa shape index (κ1) is 10.3. The Morgan fingerprint density at radius 1 is 1.25 bits per heavy atom. The molecule has 0 spiro atoms. The van der Waals surface area contributed by atoms with E-state index >= 15 is 0 Å². The van der Waals surface area contributed by atoms with Gasteiger partial charge in [0.15, 0.2) is 0 Å². The number of hydrogen-bond acceptors (Lipinski definition) is 2. The van der Waals surface area contributed by atoms with Crippen molar-refractivity contribution in [2.24, 2.45) is 5.92 Å². The molecule has 0 amide bonds. The van der Waals surface area contributed by atoms with E-state index < -0.39 is 0 Å². The molecule has 2 heteroatoms. The van der Waals surface area contributed by atoms with Gasteiger partial charge in [-0.15, -0.1) is 0 Å². The molecular weight excluding hydrogens is 198 g/mol. The fourth-order valence-electron chi connectivity index (χ4n) is 2.56. The van der Waals surface area contributed by atoms with Crippen molar-refractivity contribution in [1.82, 2.24) is 5.32 Å². The highest BCUT2D eigenvalue weighted by atomic mass is 16.5. The minimum atomic E-state index is 0.408. The van der Waals surface area contributed by atoms with Crippen LogP contribution in [0, 0.1) is 5.92 Å². The Morgan fingerprint density at radius 3 is 2.94 bits per heavy atom. The van der Waals surface area contributed by atoms with Gasteiger partial charge in [-0.05, 0) is 36.4 Å². The van der Waals surface area contributed by atoms with Gasteiger partial charge in [-0.3, -0.25) is 0 Å². The van der Waals surface area contributed by atoms with Gasteiger partial charge in [0.1, 0.15) is 0 Å². The van der Waals surface area contributed by atoms with Crippen LogP contribution in [0.2, 0.25) is 0 Å². The van der Waals surface area contributed by atoms with E-state index in [9.17, 15) is 0 Å². The lowest BCUT2D eigenvalue weighted by Gasteiger charge is -2.31. The minimum absolute atomic E-state index is 0.408. The highest BCUT2D eigenvalue weighted by Crippen LogP contribution is 2.28. The smallest absolute Gasteiger partial charge is 0.0721 e. The minimum Gasteiger partial charge on any atom is -0.375 e. The van der Waals surface area contributed by atoms with E-state index in [-0.39, 0.29) is 0 Å². The Labute approximate surface area is 97.0 Å². The Hall–Kier alpha value is -0.860. The van der Waals surface area contributed by atoms with E-state index in [2.05, 4.69) is 29.6 Å². The maximum absolute atomic E-state index is 5.63. The Bertz CT molecular complexity index is 360. The van der Waals surface area contributed by atoms with Crippen molar-refractivity contribution in [3.05, 3.63) is 35.4 Å². The zero-order valence-corrected chi connectivity index (χ0v) is 9.61.